The quantitative estimate of drug-likeness (QED) is 0.0261. The van der Waals surface area contributed by atoms with Crippen molar-refractivity contribution < 1.29 is 28.6 Å². The summed E-state index contributed by atoms with van der Waals surface area (Å²) in [7, 11) is 0. The normalized spacial score (nSPS) is 12.4. The van der Waals surface area contributed by atoms with Gasteiger partial charge in [0.05, 0.1) is 0 Å². The van der Waals surface area contributed by atoms with Crippen LogP contribution in [0, 0.1) is 0 Å². The van der Waals surface area contributed by atoms with Crippen molar-refractivity contribution in [3.05, 3.63) is 60.8 Å². The van der Waals surface area contributed by atoms with Crippen LogP contribution in [-0.2, 0) is 28.6 Å². The maximum Gasteiger partial charge on any atom is 0.306 e. The van der Waals surface area contributed by atoms with E-state index in [4.69, 9.17) is 14.2 Å². The Balaban J connectivity index is 4.20. The summed E-state index contributed by atoms with van der Waals surface area (Å²) in [6.07, 6.45) is 83.9. The molecule has 1 unspecified atom stereocenters. The molecular weight excluding hydrogens is 949 g/mol. The monoisotopic (exact) mass is 1080 g/mol. The van der Waals surface area contributed by atoms with Gasteiger partial charge in [0.15, 0.2) is 6.10 Å². The van der Waals surface area contributed by atoms with Crippen molar-refractivity contribution in [3.63, 3.8) is 0 Å². The Bertz CT molecular complexity index is 1380. The van der Waals surface area contributed by atoms with Crippen LogP contribution in [0.25, 0.3) is 0 Å². The first-order valence-corrected chi connectivity index (χ1v) is 33.8. The number of hydrogen-bond donors (Lipinski definition) is 0. The van der Waals surface area contributed by atoms with E-state index in [2.05, 4.69) is 81.5 Å². The molecule has 0 spiro atoms. The minimum absolute atomic E-state index is 0.0738. The highest BCUT2D eigenvalue weighted by molar-refractivity contribution is 5.71. The molecule has 0 rings (SSSR count). The van der Waals surface area contributed by atoms with Crippen LogP contribution in [0.15, 0.2) is 60.8 Å². The fraction of sp³-hybridized carbons (Fsp3) is 0.817. The molecule has 77 heavy (non-hydrogen) atoms. The summed E-state index contributed by atoms with van der Waals surface area (Å²) in [5.41, 5.74) is 0. The summed E-state index contributed by atoms with van der Waals surface area (Å²) in [5, 5.41) is 0. The van der Waals surface area contributed by atoms with Crippen molar-refractivity contribution in [2.45, 2.75) is 361 Å². The predicted octanol–water partition coefficient (Wildman–Crippen LogP) is 23.1. The Kier molecular flexibility index (Phi) is 63.2. The number of carbonyl (C=O) groups is 3. The van der Waals surface area contributed by atoms with Crippen LogP contribution in [-0.4, -0.2) is 37.2 Å². The van der Waals surface area contributed by atoms with Crippen LogP contribution in [0.4, 0.5) is 0 Å². The maximum absolute atomic E-state index is 12.9. The Morgan fingerprint density at radius 2 is 0.506 bits per heavy atom. The van der Waals surface area contributed by atoms with E-state index < -0.39 is 6.10 Å². The second-order valence-electron chi connectivity index (χ2n) is 22.7. The summed E-state index contributed by atoms with van der Waals surface area (Å²) >= 11 is 0. The third-order valence-corrected chi connectivity index (χ3v) is 15.0. The molecule has 0 aromatic heterocycles. The molecule has 0 amide bonds. The molecule has 6 nitrogen and oxygen atoms in total. The molecular formula is C71H128O6. The van der Waals surface area contributed by atoms with Gasteiger partial charge in [0.1, 0.15) is 13.2 Å². The minimum atomic E-state index is -0.777. The largest absolute Gasteiger partial charge is 0.462 e. The molecule has 6 heteroatoms. The third-order valence-electron chi connectivity index (χ3n) is 15.0. The van der Waals surface area contributed by atoms with E-state index in [-0.39, 0.29) is 31.1 Å². The van der Waals surface area contributed by atoms with Gasteiger partial charge < -0.3 is 14.2 Å². The van der Waals surface area contributed by atoms with E-state index in [1.54, 1.807) is 0 Å². The average Bonchev–Trinajstić information content (AvgIpc) is 3.43. The fourth-order valence-corrected chi connectivity index (χ4v) is 9.96. The third kappa shape index (κ3) is 63.8. The number of carbonyl (C=O) groups excluding carboxylic acids is 3. The second-order valence-corrected chi connectivity index (χ2v) is 22.7. The van der Waals surface area contributed by atoms with Gasteiger partial charge in [0.25, 0.3) is 0 Å². The first-order chi connectivity index (χ1) is 38.0. The number of unbranched alkanes of at least 4 members (excludes halogenated alkanes) is 41. The zero-order chi connectivity index (χ0) is 55.7. The van der Waals surface area contributed by atoms with Gasteiger partial charge in [0.2, 0.25) is 0 Å². The summed E-state index contributed by atoms with van der Waals surface area (Å²) in [5.74, 6) is -0.863. The van der Waals surface area contributed by atoms with E-state index in [1.807, 2.05) is 0 Å². The number of hydrogen-bond acceptors (Lipinski definition) is 6. The highest BCUT2D eigenvalue weighted by Gasteiger charge is 2.19. The average molecular weight is 1080 g/mol. The SMILES string of the molecule is CC/C=C\C/C=C\C/C=C\CCCCCCCCCC(=O)OC(COC(=O)CCCCCCCCCCCCCCC)COC(=O)CCCCCCCCCCCCCCCCCCC/C=C\C/C=C\CCCCCCC. The molecule has 0 aromatic rings. The van der Waals surface area contributed by atoms with E-state index in [9.17, 15) is 14.4 Å². The van der Waals surface area contributed by atoms with Crippen molar-refractivity contribution in [1.29, 1.82) is 0 Å². The van der Waals surface area contributed by atoms with Gasteiger partial charge in [-0.05, 0) is 83.5 Å². The van der Waals surface area contributed by atoms with Gasteiger partial charge in [0, 0.05) is 19.3 Å². The van der Waals surface area contributed by atoms with Crippen LogP contribution >= 0.6 is 0 Å². The van der Waals surface area contributed by atoms with Crippen molar-refractivity contribution in [2.75, 3.05) is 13.2 Å². The predicted molar refractivity (Wildman–Crippen MR) is 335 cm³/mol. The van der Waals surface area contributed by atoms with Gasteiger partial charge in [-0.3, -0.25) is 14.4 Å². The highest BCUT2D eigenvalue weighted by Crippen LogP contribution is 2.18. The molecule has 0 radical (unpaired) electrons. The number of allylic oxidation sites excluding steroid dienone is 10. The van der Waals surface area contributed by atoms with Gasteiger partial charge in [-0.2, -0.15) is 0 Å². The highest BCUT2D eigenvalue weighted by atomic mass is 16.6. The molecule has 1 atom stereocenters. The number of ether oxygens (including phenoxy) is 3. The Morgan fingerprint density at radius 3 is 0.792 bits per heavy atom. The topological polar surface area (TPSA) is 78.9 Å². The lowest BCUT2D eigenvalue weighted by Crippen LogP contribution is -2.30. The minimum Gasteiger partial charge on any atom is -0.462 e. The lowest BCUT2D eigenvalue weighted by Gasteiger charge is -2.18. The molecule has 0 saturated carbocycles. The molecule has 0 heterocycles. The van der Waals surface area contributed by atoms with Crippen LogP contribution < -0.4 is 0 Å². The zero-order valence-electron chi connectivity index (χ0n) is 51.5. The van der Waals surface area contributed by atoms with Crippen LogP contribution in [0.3, 0.4) is 0 Å². The van der Waals surface area contributed by atoms with Gasteiger partial charge in [-0.15, -0.1) is 0 Å². The Hall–Kier alpha value is -2.89. The van der Waals surface area contributed by atoms with Gasteiger partial charge >= 0.3 is 17.9 Å². The van der Waals surface area contributed by atoms with Crippen molar-refractivity contribution in [3.8, 4) is 0 Å². The molecule has 0 N–H and O–H groups in total. The fourth-order valence-electron chi connectivity index (χ4n) is 9.96. The van der Waals surface area contributed by atoms with Crippen LogP contribution in [0.1, 0.15) is 355 Å². The van der Waals surface area contributed by atoms with Gasteiger partial charge in [-0.25, -0.2) is 0 Å². The molecule has 0 bridgehead atoms. The van der Waals surface area contributed by atoms with E-state index in [1.165, 1.54) is 225 Å². The molecule has 448 valence electrons. The van der Waals surface area contributed by atoms with Gasteiger partial charge in [-0.1, -0.05) is 313 Å². The molecule has 0 aromatic carbocycles. The second kappa shape index (κ2) is 65.6. The Morgan fingerprint density at radius 1 is 0.273 bits per heavy atom. The van der Waals surface area contributed by atoms with E-state index in [0.717, 1.165) is 89.9 Å². The zero-order valence-corrected chi connectivity index (χ0v) is 51.5. The lowest BCUT2D eigenvalue weighted by molar-refractivity contribution is -0.167. The van der Waals surface area contributed by atoms with Crippen LogP contribution in [0.5, 0.6) is 0 Å². The van der Waals surface area contributed by atoms with Crippen LogP contribution in [0.2, 0.25) is 0 Å². The van der Waals surface area contributed by atoms with Crippen molar-refractivity contribution in [1.82, 2.24) is 0 Å². The standard InChI is InChI=1S/C71H128O6/c1-4-7-10-13-16-19-22-25-27-29-30-31-32-33-34-35-36-37-38-39-40-42-43-46-49-52-55-58-61-64-70(73)76-67-68(66-75-69(72)63-60-57-54-51-48-45-24-21-18-15-12-9-6-3)77-71(74)65-62-59-56-53-50-47-44-41-28-26-23-20-17-14-11-8-5-2/h8,11,17,20,22,25-26,28-30,68H,4-7,9-10,12-16,18-19,21,23-24,27,31-67H2,1-3H3/b11-8-,20-17-,25-22-,28-26-,30-29-. The molecule has 0 fully saturated rings. The molecule has 0 aliphatic carbocycles. The summed E-state index contributed by atoms with van der Waals surface area (Å²) in [4.78, 5) is 38.3. The molecule has 0 aliphatic rings. The summed E-state index contributed by atoms with van der Waals surface area (Å²) in [6, 6.07) is 0. The van der Waals surface area contributed by atoms with Crippen molar-refractivity contribution in [2.24, 2.45) is 0 Å². The van der Waals surface area contributed by atoms with Crippen molar-refractivity contribution >= 4 is 17.9 Å². The summed E-state index contributed by atoms with van der Waals surface area (Å²) < 4.78 is 16.9. The Labute approximate surface area is 479 Å². The van der Waals surface area contributed by atoms with E-state index >= 15 is 0 Å². The first kappa shape index (κ1) is 74.1. The lowest BCUT2D eigenvalue weighted by atomic mass is 10.0. The van der Waals surface area contributed by atoms with E-state index in [0.29, 0.717) is 19.3 Å². The number of rotatable bonds is 62. The first-order valence-electron chi connectivity index (χ1n) is 33.8. The smallest absolute Gasteiger partial charge is 0.306 e. The summed E-state index contributed by atoms with van der Waals surface area (Å²) in [6.45, 7) is 6.56. The maximum atomic E-state index is 12.9. The molecule has 0 saturated heterocycles. The molecule has 0 aliphatic heterocycles. The number of esters is 3.